The van der Waals surface area contributed by atoms with Gasteiger partial charge in [-0.05, 0) is 50.7 Å². The number of amides is 1. The first-order valence-electron chi connectivity index (χ1n) is 11.6. The van der Waals surface area contributed by atoms with Gasteiger partial charge in [0.25, 0.3) is 5.91 Å². The molecule has 4 rings (SSSR count). The Morgan fingerprint density at radius 2 is 1.79 bits per heavy atom. The van der Waals surface area contributed by atoms with Gasteiger partial charge in [-0.2, -0.15) is 5.10 Å². The van der Waals surface area contributed by atoms with Gasteiger partial charge < -0.3 is 14.7 Å². The van der Waals surface area contributed by atoms with Crippen LogP contribution < -0.4 is 4.90 Å². The summed E-state index contributed by atoms with van der Waals surface area (Å²) in [6, 6.07) is 15.9. The van der Waals surface area contributed by atoms with Crippen molar-refractivity contribution in [3.63, 3.8) is 0 Å². The monoisotopic (exact) mass is 449 g/mol. The third-order valence-electron chi connectivity index (χ3n) is 6.16. The van der Waals surface area contributed by atoms with Crippen molar-refractivity contribution in [2.24, 2.45) is 0 Å². The second-order valence-corrected chi connectivity index (χ2v) is 8.66. The van der Waals surface area contributed by atoms with Gasteiger partial charge in [0.2, 0.25) is 0 Å². The molecule has 1 aliphatic heterocycles. The Balaban J connectivity index is 1.75. The fraction of sp³-hybridized carbons (Fsp3) is 0.385. The first-order valence-corrected chi connectivity index (χ1v) is 11.6. The van der Waals surface area contributed by atoms with Gasteiger partial charge in [-0.1, -0.05) is 31.2 Å². The fourth-order valence-corrected chi connectivity index (χ4v) is 4.34. The van der Waals surface area contributed by atoms with E-state index in [9.17, 15) is 9.18 Å². The average molecular weight is 450 g/mol. The number of nitrogens with zero attached hydrogens (tertiary/aromatic N) is 5. The molecule has 1 aromatic heterocycles. The maximum Gasteiger partial charge on any atom is 0.254 e. The summed E-state index contributed by atoms with van der Waals surface area (Å²) in [5, 5.41) is 4.82. The van der Waals surface area contributed by atoms with Crippen molar-refractivity contribution in [2.45, 2.75) is 26.8 Å². The molecule has 2 heterocycles. The molecule has 0 unspecified atom stereocenters. The molecule has 1 saturated heterocycles. The largest absolute Gasteiger partial charge is 0.354 e. The number of hydrogen-bond donors (Lipinski definition) is 0. The van der Waals surface area contributed by atoms with Crippen molar-refractivity contribution in [2.75, 3.05) is 44.7 Å². The van der Waals surface area contributed by atoms with Crippen LogP contribution >= 0.6 is 0 Å². The van der Waals surface area contributed by atoms with Crippen molar-refractivity contribution < 1.29 is 9.18 Å². The molecular formula is C26H32FN5O. The lowest BCUT2D eigenvalue weighted by molar-refractivity contribution is 0.0743. The van der Waals surface area contributed by atoms with Crippen LogP contribution in [0.4, 0.5) is 10.2 Å². The van der Waals surface area contributed by atoms with E-state index >= 15 is 0 Å². The molecule has 6 nitrogen and oxygen atoms in total. The van der Waals surface area contributed by atoms with E-state index in [1.165, 1.54) is 12.1 Å². The Hall–Kier alpha value is -3.19. The number of anilines is 1. The first-order chi connectivity index (χ1) is 16.0. The van der Waals surface area contributed by atoms with Crippen LogP contribution in [0.25, 0.3) is 5.69 Å². The summed E-state index contributed by atoms with van der Waals surface area (Å²) in [4.78, 5) is 19.8. The van der Waals surface area contributed by atoms with Gasteiger partial charge in [0.1, 0.15) is 11.6 Å². The Labute approximate surface area is 195 Å². The van der Waals surface area contributed by atoms with E-state index in [4.69, 9.17) is 5.10 Å². The molecule has 1 aliphatic rings. The smallest absolute Gasteiger partial charge is 0.254 e. The molecule has 0 atom stereocenters. The highest BCUT2D eigenvalue weighted by molar-refractivity contribution is 5.94. The molecule has 1 amide bonds. The lowest BCUT2D eigenvalue weighted by Crippen LogP contribution is -2.45. The van der Waals surface area contributed by atoms with Crippen LogP contribution in [0.3, 0.4) is 0 Å². The van der Waals surface area contributed by atoms with Crippen LogP contribution in [0.2, 0.25) is 0 Å². The van der Waals surface area contributed by atoms with Crippen LogP contribution in [0.5, 0.6) is 0 Å². The van der Waals surface area contributed by atoms with E-state index in [2.05, 4.69) is 23.8 Å². The van der Waals surface area contributed by atoms with Gasteiger partial charge in [0, 0.05) is 43.9 Å². The minimum atomic E-state index is -0.293. The first kappa shape index (κ1) is 23.0. The number of halogens is 1. The third kappa shape index (κ3) is 5.09. The molecule has 2 aromatic carbocycles. The van der Waals surface area contributed by atoms with Gasteiger partial charge in [-0.3, -0.25) is 4.79 Å². The zero-order chi connectivity index (χ0) is 23.4. The van der Waals surface area contributed by atoms with Crippen molar-refractivity contribution in [1.29, 1.82) is 0 Å². The highest BCUT2D eigenvalue weighted by Gasteiger charge is 2.27. The summed E-state index contributed by atoms with van der Waals surface area (Å²) in [7, 11) is 2.12. The SMILES string of the molecule is CCCN(Cc1c(C)nn(-c2cccc(F)c2)c1N1CCN(C)CC1)C(=O)c1ccccc1. The third-order valence-corrected chi connectivity index (χ3v) is 6.16. The van der Waals surface area contributed by atoms with E-state index in [0.29, 0.717) is 24.3 Å². The lowest BCUT2D eigenvalue weighted by Gasteiger charge is -2.35. The van der Waals surface area contributed by atoms with Crippen LogP contribution in [-0.2, 0) is 6.54 Å². The Morgan fingerprint density at radius 1 is 1.06 bits per heavy atom. The number of aromatic nitrogens is 2. The normalized spacial score (nSPS) is 14.5. The Kier molecular flexibility index (Phi) is 7.08. The highest BCUT2D eigenvalue weighted by atomic mass is 19.1. The van der Waals surface area contributed by atoms with E-state index in [1.807, 2.05) is 52.9 Å². The lowest BCUT2D eigenvalue weighted by atomic mass is 10.1. The Bertz CT molecular complexity index is 1090. The molecule has 174 valence electrons. The summed E-state index contributed by atoms with van der Waals surface area (Å²) in [6.45, 7) is 8.75. The summed E-state index contributed by atoms with van der Waals surface area (Å²) < 4.78 is 15.9. The molecule has 0 saturated carbocycles. The topological polar surface area (TPSA) is 44.6 Å². The number of rotatable bonds is 7. The van der Waals surface area contributed by atoms with Gasteiger partial charge in [-0.15, -0.1) is 0 Å². The zero-order valence-electron chi connectivity index (χ0n) is 19.7. The number of likely N-dealkylation sites (N-methyl/N-ethyl adjacent to an activating group) is 1. The van der Waals surface area contributed by atoms with Crippen LogP contribution in [0.15, 0.2) is 54.6 Å². The molecule has 7 heteroatoms. The van der Waals surface area contributed by atoms with Gasteiger partial charge in [0.15, 0.2) is 0 Å². The summed E-state index contributed by atoms with van der Waals surface area (Å²) in [6.07, 6.45) is 0.861. The maximum atomic E-state index is 14.1. The second kappa shape index (κ2) is 10.2. The van der Waals surface area contributed by atoms with Crippen molar-refractivity contribution >= 4 is 11.7 Å². The fourth-order valence-electron chi connectivity index (χ4n) is 4.34. The molecule has 0 radical (unpaired) electrons. The van der Waals surface area contributed by atoms with Gasteiger partial charge >= 0.3 is 0 Å². The molecule has 33 heavy (non-hydrogen) atoms. The molecular weight excluding hydrogens is 417 g/mol. The minimum absolute atomic E-state index is 0.0136. The van der Waals surface area contributed by atoms with E-state index in [-0.39, 0.29) is 11.7 Å². The maximum absolute atomic E-state index is 14.1. The van der Waals surface area contributed by atoms with Crippen LogP contribution in [-0.4, -0.2) is 65.3 Å². The number of benzene rings is 2. The van der Waals surface area contributed by atoms with Crippen LogP contribution in [0.1, 0.15) is 35.0 Å². The molecule has 0 N–H and O–H groups in total. The number of carbonyl (C=O) groups excluding carboxylic acids is 1. The zero-order valence-corrected chi connectivity index (χ0v) is 19.7. The quantitative estimate of drug-likeness (QED) is 0.544. The second-order valence-electron chi connectivity index (χ2n) is 8.66. The Morgan fingerprint density at radius 3 is 2.45 bits per heavy atom. The molecule has 0 aliphatic carbocycles. The minimum Gasteiger partial charge on any atom is -0.354 e. The number of carbonyl (C=O) groups is 1. The van der Waals surface area contributed by atoms with E-state index in [1.54, 1.807) is 6.07 Å². The molecule has 0 bridgehead atoms. The van der Waals surface area contributed by atoms with Gasteiger partial charge in [-0.25, -0.2) is 9.07 Å². The summed E-state index contributed by atoms with van der Waals surface area (Å²) in [5.41, 5.74) is 3.24. The van der Waals surface area contributed by atoms with E-state index < -0.39 is 0 Å². The standard InChI is InChI=1S/C26H32FN5O/c1-4-13-31(26(33)21-9-6-5-7-10-21)19-24-20(2)28-32(23-12-8-11-22(27)18-23)25(24)30-16-14-29(3)15-17-30/h5-12,18H,4,13-17,19H2,1-3H3. The number of aryl methyl sites for hydroxylation is 1. The summed E-state index contributed by atoms with van der Waals surface area (Å²) >= 11 is 0. The van der Waals surface area contributed by atoms with Crippen molar-refractivity contribution in [3.05, 3.63) is 77.2 Å². The van der Waals surface area contributed by atoms with E-state index in [0.717, 1.165) is 49.7 Å². The average Bonchev–Trinajstić information content (AvgIpc) is 3.15. The summed E-state index contributed by atoms with van der Waals surface area (Å²) in [5.74, 6) is 0.672. The number of hydrogen-bond acceptors (Lipinski definition) is 4. The van der Waals surface area contributed by atoms with Crippen molar-refractivity contribution in [3.8, 4) is 5.69 Å². The van der Waals surface area contributed by atoms with Gasteiger partial charge in [0.05, 0.1) is 17.9 Å². The predicted octanol–water partition coefficient (Wildman–Crippen LogP) is 4.12. The molecule has 0 spiro atoms. The number of piperazine rings is 1. The predicted molar refractivity (Wildman–Crippen MR) is 129 cm³/mol. The van der Waals surface area contributed by atoms with Crippen LogP contribution in [0, 0.1) is 12.7 Å². The van der Waals surface area contributed by atoms with Crippen molar-refractivity contribution in [1.82, 2.24) is 19.6 Å². The molecule has 3 aromatic rings. The highest BCUT2D eigenvalue weighted by Crippen LogP contribution is 2.30. The molecule has 1 fully saturated rings.